The fourth-order valence-corrected chi connectivity index (χ4v) is 6.54. The van der Waals surface area contributed by atoms with Crippen molar-refractivity contribution in [1.29, 1.82) is 0 Å². The number of fused-ring (bicyclic) bond motifs is 5. The second kappa shape index (κ2) is 6.64. The summed E-state index contributed by atoms with van der Waals surface area (Å²) in [5.74, 6) is 0.453. The first kappa shape index (κ1) is 17.9. The molecule has 7 rings (SSSR count). The molecule has 2 aliphatic rings. The van der Waals surface area contributed by atoms with Crippen molar-refractivity contribution >= 4 is 27.3 Å². The van der Waals surface area contributed by atoms with E-state index in [1.54, 1.807) is 0 Å². The van der Waals surface area contributed by atoms with Gasteiger partial charge in [0.2, 0.25) is 0 Å². The molecule has 32 heavy (non-hydrogen) atoms. The first-order valence-corrected chi connectivity index (χ1v) is 11.4. The molecular formula is C31H22O. The van der Waals surface area contributed by atoms with Crippen LogP contribution in [-0.2, 0) is 4.79 Å². The van der Waals surface area contributed by atoms with Gasteiger partial charge in [0.15, 0.2) is 0 Å². The van der Waals surface area contributed by atoms with Crippen LogP contribution in [0.3, 0.4) is 0 Å². The molecule has 0 N–H and O–H groups in total. The average Bonchev–Trinajstić information content (AvgIpc) is 3.33. The Bertz CT molecular complexity index is 1500. The summed E-state index contributed by atoms with van der Waals surface area (Å²) in [5, 5.41) is 5.24. The number of carbonyl (C=O) groups excluding carboxylic acids is 1. The molecule has 4 unspecified atom stereocenters. The van der Waals surface area contributed by atoms with Gasteiger partial charge in [0.1, 0.15) is 5.78 Å². The first-order chi connectivity index (χ1) is 15.8. The van der Waals surface area contributed by atoms with Crippen molar-refractivity contribution in [2.45, 2.75) is 23.7 Å². The Morgan fingerprint density at radius 3 is 1.75 bits per heavy atom. The molecule has 1 fully saturated rings. The number of rotatable bonds is 2. The molecule has 0 aromatic heterocycles. The highest BCUT2D eigenvalue weighted by Crippen LogP contribution is 2.64. The van der Waals surface area contributed by atoms with Gasteiger partial charge in [-0.3, -0.25) is 4.79 Å². The van der Waals surface area contributed by atoms with E-state index in [1.165, 1.54) is 32.7 Å². The molecule has 1 heteroatoms. The van der Waals surface area contributed by atoms with Gasteiger partial charge >= 0.3 is 0 Å². The third kappa shape index (κ3) is 2.31. The van der Waals surface area contributed by atoms with Crippen LogP contribution in [-0.4, -0.2) is 5.78 Å². The van der Waals surface area contributed by atoms with Crippen LogP contribution in [0.4, 0.5) is 0 Å². The topological polar surface area (TPSA) is 17.1 Å². The first-order valence-electron chi connectivity index (χ1n) is 11.4. The van der Waals surface area contributed by atoms with E-state index < -0.39 is 0 Å². The van der Waals surface area contributed by atoms with Crippen LogP contribution in [0.2, 0.25) is 0 Å². The lowest BCUT2D eigenvalue weighted by Crippen LogP contribution is -2.15. The van der Waals surface area contributed by atoms with Gasteiger partial charge in [0.05, 0.1) is 11.8 Å². The molecule has 152 valence electrons. The molecule has 0 radical (unpaired) electrons. The molecule has 0 bridgehead atoms. The zero-order chi connectivity index (χ0) is 21.2. The van der Waals surface area contributed by atoms with Gasteiger partial charge in [-0.25, -0.2) is 0 Å². The van der Waals surface area contributed by atoms with Gasteiger partial charge in [-0.05, 0) is 43.8 Å². The summed E-state index contributed by atoms with van der Waals surface area (Å²) in [4.78, 5) is 14.1. The van der Waals surface area contributed by atoms with Crippen molar-refractivity contribution in [2.75, 3.05) is 0 Å². The van der Waals surface area contributed by atoms with E-state index in [0.29, 0.717) is 5.78 Å². The molecule has 0 amide bonds. The summed E-state index contributed by atoms with van der Waals surface area (Å²) in [7, 11) is 0. The molecule has 0 aliphatic heterocycles. The predicted octanol–water partition coefficient (Wildman–Crippen LogP) is 7.32. The van der Waals surface area contributed by atoms with Crippen molar-refractivity contribution in [2.24, 2.45) is 0 Å². The molecule has 2 aliphatic carbocycles. The lowest BCUT2D eigenvalue weighted by molar-refractivity contribution is -0.120. The summed E-state index contributed by atoms with van der Waals surface area (Å²) in [6.45, 7) is 0. The highest BCUT2D eigenvalue weighted by molar-refractivity contribution is 6.13. The van der Waals surface area contributed by atoms with E-state index in [1.807, 2.05) is 12.1 Å². The SMILES string of the molecule is O=C1C(c2ccccc2)C2c3cccc4c3c(cc3ccccc34)C2C1c1ccccc1. The normalized spacial score (nSPS) is 23.7. The Labute approximate surface area is 187 Å². The number of hydrogen-bond donors (Lipinski definition) is 0. The van der Waals surface area contributed by atoms with Crippen molar-refractivity contribution in [3.05, 3.63) is 131 Å². The fraction of sp³-hybridized carbons (Fsp3) is 0.129. The maximum absolute atomic E-state index is 14.1. The van der Waals surface area contributed by atoms with Crippen LogP contribution < -0.4 is 0 Å². The molecule has 5 aromatic rings. The number of carbonyl (C=O) groups is 1. The number of hydrogen-bond acceptors (Lipinski definition) is 1. The molecular weight excluding hydrogens is 388 g/mol. The van der Waals surface area contributed by atoms with Crippen molar-refractivity contribution < 1.29 is 4.79 Å². The van der Waals surface area contributed by atoms with E-state index in [2.05, 4.69) is 97.1 Å². The number of Topliss-reactive ketones (excluding diaryl/α,β-unsaturated/α-hetero) is 1. The third-order valence-corrected chi connectivity index (χ3v) is 7.70. The second-order valence-corrected chi connectivity index (χ2v) is 9.19. The van der Waals surface area contributed by atoms with Gasteiger partial charge in [-0.2, -0.15) is 0 Å². The maximum atomic E-state index is 14.1. The largest absolute Gasteiger partial charge is 0.298 e. The Morgan fingerprint density at radius 2 is 1.06 bits per heavy atom. The molecule has 4 atom stereocenters. The van der Waals surface area contributed by atoms with Crippen molar-refractivity contribution in [3.63, 3.8) is 0 Å². The van der Waals surface area contributed by atoms with Crippen LogP contribution in [0.15, 0.2) is 109 Å². The van der Waals surface area contributed by atoms with Gasteiger partial charge in [-0.15, -0.1) is 0 Å². The van der Waals surface area contributed by atoms with Crippen molar-refractivity contribution in [3.8, 4) is 0 Å². The van der Waals surface area contributed by atoms with Crippen LogP contribution >= 0.6 is 0 Å². The molecule has 5 aromatic carbocycles. The maximum Gasteiger partial charge on any atom is 0.149 e. The van der Waals surface area contributed by atoms with Gasteiger partial charge in [0.25, 0.3) is 0 Å². The molecule has 1 saturated carbocycles. The Morgan fingerprint density at radius 1 is 0.500 bits per heavy atom. The summed E-state index contributed by atoms with van der Waals surface area (Å²) in [6.07, 6.45) is 0. The Kier molecular flexibility index (Phi) is 3.72. The number of ketones is 1. The van der Waals surface area contributed by atoms with Crippen LogP contribution in [0.25, 0.3) is 21.5 Å². The minimum atomic E-state index is -0.122. The minimum absolute atomic E-state index is 0.118. The molecule has 0 spiro atoms. The van der Waals surface area contributed by atoms with E-state index in [0.717, 1.165) is 11.1 Å². The summed E-state index contributed by atoms with van der Waals surface area (Å²) in [5.41, 5.74) is 4.97. The second-order valence-electron chi connectivity index (χ2n) is 9.19. The number of benzene rings is 5. The van der Waals surface area contributed by atoms with E-state index in [-0.39, 0.29) is 23.7 Å². The Hall–Kier alpha value is -3.71. The van der Waals surface area contributed by atoms with Gasteiger partial charge in [-0.1, -0.05) is 109 Å². The van der Waals surface area contributed by atoms with E-state index in [4.69, 9.17) is 0 Å². The van der Waals surface area contributed by atoms with Crippen LogP contribution in [0.5, 0.6) is 0 Å². The molecule has 0 heterocycles. The average molecular weight is 411 g/mol. The standard InChI is InChI=1S/C31H22O/c32-31-26(19-10-3-1-4-11-19)29-24-17-9-16-23-22-15-8-7-14-21(22)18-25(28(23)24)30(29)27(31)20-12-5-2-6-13-20/h1-18,26-27,29-30H. The third-order valence-electron chi connectivity index (χ3n) is 7.70. The lowest BCUT2D eigenvalue weighted by atomic mass is 9.81. The zero-order valence-corrected chi connectivity index (χ0v) is 17.6. The fourth-order valence-electron chi connectivity index (χ4n) is 6.54. The highest BCUT2D eigenvalue weighted by Gasteiger charge is 2.55. The predicted molar refractivity (Wildman–Crippen MR) is 130 cm³/mol. The Balaban J connectivity index is 1.56. The highest BCUT2D eigenvalue weighted by atomic mass is 16.1. The molecule has 0 saturated heterocycles. The quantitative estimate of drug-likeness (QED) is 0.279. The van der Waals surface area contributed by atoms with Gasteiger partial charge in [0, 0.05) is 11.8 Å². The van der Waals surface area contributed by atoms with Crippen molar-refractivity contribution in [1.82, 2.24) is 0 Å². The summed E-state index contributed by atoms with van der Waals surface area (Å²) < 4.78 is 0. The van der Waals surface area contributed by atoms with E-state index in [9.17, 15) is 4.79 Å². The molecule has 1 nitrogen and oxygen atoms in total. The van der Waals surface area contributed by atoms with E-state index >= 15 is 0 Å². The van der Waals surface area contributed by atoms with Crippen LogP contribution in [0.1, 0.15) is 45.9 Å². The van der Waals surface area contributed by atoms with Gasteiger partial charge < -0.3 is 0 Å². The minimum Gasteiger partial charge on any atom is -0.298 e. The monoisotopic (exact) mass is 410 g/mol. The summed E-state index contributed by atoms with van der Waals surface area (Å²) in [6, 6.07) is 38.6. The zero-order valence-electron chi connectivity index (χ0n) is 17.6. The van der Waals surface area contributed by atoms with Crippen LogP contribution in [0, 0.1) is 0 Å². The lowest BCUT2D eigenvalue weighted by Gasteiger charge is -2.20. The smallest absolute Gasteiger partial charge is 0.149 e. The summed E-state index contributed by atoms with van der Waals surface area (Å²) >= 11 is 0.